The van der Waals surface area contributed by atoms with Crippen molar-refractivity contribution in [2.24, 2.45) is 15.3 Å². The number of likely N-dealkylation sites (N-methyl/N-ethyl adjacent to an activating group) is 1. The first-order chi connectivity index (χ1) is 19.2. The van der Waals surface area contributed by atoms with E-state index in [0.29, 0.717) is 35.7 Å². The maximum atomic E-state index is 12.6. The zero-order chi connectivity index (χ0) is 29.1. The number of anilines is 2. The summed E-state index contributed by atoms with van der Waals surface area (Å²) in [5, 5.41) is 25.9. The molecule has 0 saturated carbocycles. The highest BCUT2D eigenvalue weighted by atomic mass is 16.6. The van der Waals surface area contributed by atoms with E-state index in [2.05, 4.69) is 32.2 Å². The normalized spacial score (nSPS) is 10.4. The van der Waals surface area contributed by atoms with Crippen LogP contribution in [0.5, 0.6) is 0 Å². The first-order valence-corrected chi connectivity index (χ1v) is 12.1. The number of rotatable bonds is 12. The highest BCUT2D eigenvalue weighted by Crippen LogP contribution is 2.31. The second-order valence-corrected chi connectivity index (χ2v) is 8.36. The highest BCUT2D eigenvalue weighted by Gasteiger charge is 2.18. The fraction of sp³-hybridized carbons (Fsp3) is 0.185. The molecule has 0 spiro atoms. The van der Waals surface area contributed by atoms with Crippen molar-refractivity contribution in [1.29, 1.82) is 0 Å². The van der Waals surface area contributed by atoms with E-state index < -0.39 is 16.8 Å². The van der Waals surface area contributed by atoms with Gasteiger partial charge in [-0.1, -0.05) is 23.8 Å². The number of azo groups is 1. The Balaban J connectivity index is 1.69. The van der Waals surface area contributed by atoms with Gasteiger partial charge in [0.15, 0.2) is 5.69 Å². The Labute approximate surface area is 229 Å². The molecule has 0 aliphatic carbocycles. The van der Waals surface area contributed by atoms with E-state index in [9.17, 15) is 19.7 Å². The lowest BCUT2D eigenvalue weighted by atomic mass is 10.1. The molecule has 0 aliphatic rings. The summed E-state index contributed by atoms with van der Waals surface area (Å²) >= 11 is 0. The molecule has 0 aromatic heterocycles. The van der Waals surface area contributed by atoms with Gasteiger partial charge in [0.05, 0.1) is 17.2 Å². The molecule has 0 aliphatic heterocycles. The Kier molecular flexibility index (Phi) is 10.0. The molecule has 3 rings (SSSR count). The van der Waals surface area contributed by atoms with E-state index in [1.807, 2.05) is 24.0 Å². The summed E-state index contributed by atoms with van der Waals surface area (Å²) in [7, 11) is 0. The molecule has 0 fully saturated rings. The van der Waals surface area contributed by atoms with Crippen LogP contribution < -0.4 is 10.2 Å². The van der Waals surface area contributed by atoms with Crippen LogP contribution in [0.2, 0.25) is 0 Å². The van der Waals surface area contributed by atoms with Gasteiger partial charge in [-0.25, -0.2) is 4.79 Å². The number of hydrogen-bond acceptors (Lipinski definition) is 9. The standard InChI is InChI=1S/C27H26N8O5/c1-4-34(15-16-40-27(37)18(2)3)23-12-10-21(11-13-23)30-32-24-14-5-19(17-25(24)35(38)39)26(36)29-20-6-8-22(9-7-20)31-33-28/h5-14,17H,2,4,15-16H2,1,3H3,(H,29,36). The van der Waals surface area contributed by atoms with E-state index in [4.69, 9.17) is 10.3 Å². The van der Waals surface area contributed by atoms with Crippen molar-refractivity contribution in [2.45, 2.75) is 13.8 Å². The van der Waals surface area contributed by atoms with Crippen molar-refractivity contribution >= 4 is 46.0 Å². The van der Waals surface area contributed by atoms with E-state index in [-0.39, 0.29) is 23.5 Å². The highest BCUT2D eigenvalue weighted by molar-refractivity contribution is 6.05. The molecule has 40 heavy (non-hydrogen) atoms. The molecular weight excluding hydrogens is 516 g/mol. The number of ether oxygens (including phenoxy) is 1. The molecule has 204 valence electrons. The second kappa shape index (κ2) is 13.8. The Morgan fingerprint density at radius 3 is 2.35 bits per heavy atom. The van der Waals surface area contributed by atoms with Crippen molar-refractivity contribution < 1.29 is 19.2 Å². The minimum atomic E-state index is -0.636. The van der Waals surface area contributed by atoms with Crippen LogP contribution in [-0.4, -0.2) is 36.5 Å². The molecule has 0 saturated heterocycles. The molecule has 3 aromatic rings. The predicted octanol–water partition coefficient (Wildman–Crippen LogP) is 7.15. The Morgan fingerprint density at radius 2 is 1.75 bits per heavy atom. The Hall–Kier alpha value is -5.55. The van der Waals surface area contributed by atoms with E-state index >= 15 is 0 Å². The fourth-order valence-electron chi connectivity index (χ4n) is 3.45. The number of carbonyl (C=O) groups excluding carboxylic acids is 2. The van der Waals surface area contributed by atoms with Gasteiger partial charge in [0.1, 0.15) is 6.61 Å². The molecule has 0 radical (unpaired) electrons. The van der Waals surface area contributed by atoms with Crippen LogP contribution in [0.15, 0.2) is 94.2 Å². The first-order valence-electron chi connectivity index (χ1n) is 12.1. The Bertz CT molecular complexity index is 1480. The van der Waals surface area contributed by atoms with Crippen LogP contribution in [0, 0.1) is 10.1 Å². The van der Waals surface area contributed by atoms with Crippen molar-refractivity contribution in [1.82, 2.24) is 0 Å². The minimum Gasteiger partial charge on any atom is -0.460 e. The minimum absolute atomic E-state index is 0.0149. The van der Waals surface area contributed by atoms with Gasteiger partial charge < -0.3 is 15.0 Å². The number of nitro groups is 1. The van der Waals surface area contributed by atoms with Crippen LogP contribution in [0.25, 0.3) is 10.4 Å². The van der Waals surface area contributed by atoms with Gasteiger partial charge in [-0.15, -0.1) is 5.11 Å². The third-order valence-electron chi connectivity index (χ3n) is 5.53. The van der Waals surface area contributed by atoms with Gasteiger partial charge in [0.2, 0.25) is 0 Å². The number of nitro benzene ring substituents is 1. The lowest BCUT2D eigenvalue weighted by molar-refractivity contribution is -0.384. The van der Waals surface area contributed by atoms with Crippen LogP contribution in [0.3, 0.4) is 0 Å². The van der Waals surface area contributed by atoms with Crippen LogP contribution >= 0.6 is 0 Å². The quantitative estimate of drug-likeness (QED) is 0.0483. The van der Waals surface area contributed by atoms with Gasteiger partial charge in [-0.3, -0.25) is 14.9 Å². The van der Waals surface area contributed by atoms with Gasteiger partial charge in [0, 0.05) is 45.7 Å². The number of nitrogens with one attached hydrogen (secondary N) is 1. The van der Waals surface area contributed by atoms with E-state index in [1.54, 1.807) is 31.2 Å². The van der Waals surface area contributed by atoms with E-state index in [0.717, 1.165) is 11.8 Å². The average Bonchev–Trinajstić information content (AvgIpc) is 2.95. The average molecular weight is 543 g/mol. The van der Waals surface area contributed by atoms with Gasteiger partial charge in [-0.05, 0) is 67.9 Å². The summed E-state index contributed by atoms with van der Waals surface area (Å²) in [4.78, 5) is 39.9. The van der Waals surface area contributed by atoms with E-state index in [1.165, 1.54) is 24.3 Å². The number of esters is 1. The molecule has 0 heterocycles. The number of amides is 1. The molecule has 1 amide bonds. The summed E-state index contributed by atoms with van der Waals surface area (Å²) in [5.41, 5.74) is 10.6. The molecule has 13 heteroatoms. The molecule has 0 atom stereocenters. The zero-order valence-corrected chi connectivity index (χ0v) is 21.9. The zero-order valence-electron chi connectivity index (χ0n) is 21.9. The maximum Gasteiger partial charge on any atom is 0.333 e. The molecule has 3 aromatic carbocycles. The van der Waals surface area contributed by atoms with Gasteiger partial charge in [0.25, 0.3) is 11.6 Å². The number of nitrogens with zero attached hydrogens (tertiary/aromatic N) is 7. The largest absolute Gasteiger partial charge is 0.460 e. The first kappa shape index (κ1) is 29.0. The topological polar surface area (TPSA) is 175 Å². The summed E-state index contributed by atoms with van der Waals surface area (Å²) in [6.07, 6.45) is 0. The van der Waals surface area contributed by atoms with Crippen LogP contribution in [-0.2, 0) is 9.53 Å². The van der Waals surface area contributed by atoms with Gasteiger partial charge in [-0.2, -0.15) is 5.11 Å². The van der Waals surface area contributed by atoms with Crippen LogP contribution in [0.4, 0.5) is 34.1 Å². The van der Waals surface area contributed by atoms with Crippen molar-refractivity contribution in [3.8, 4) is 0 Å². The predicted molar refractivity (Wildman–Crippen MR) is 151 cm³/mol. The number of benzene rings is 3. The molecule has 0 unspecified atom stereocenters. The van der Waals surface area contributed by atoms with Crippen LogP contribution in [0.1, 0.15) is 24.2 Å². The van der Waals surface area contributed by atoms with Crippen molar-refractivity contribution in [3.05, 3.63) is 105 Å². The third-order valence-corrected chi connectivity index (χ3v) is 5.53. The summed E-state index contributed by atoms with van der Waals surface area (Å²) in [5.74, 6) is -0.999. The van der Waals surface area contributed by atoms with Crippen molar-refractivity contribution in [2.75, 3.05) is 29.9 Å². The monoisotopic (exact) mass is 542 g/mol. The fourth-order valence-corrected chi connectivity index (χ4v) is 3.45. The lowest BCUT2D eigenvalue weighted by Gasteiger charge is -2.22. The second-order valence-electron chi connectivity index (χ2n) is 8.36. The smallest absolute Gasteiger partial charge is 0.333 e. The molecule has 13 nitrogen and oxygen atoms in total. The molecule has 1 N–H and O–H groups in total. The number of carbonyl (C=O) groups is 2. The summed E-state index contributed by atoms with van der Waals surface area (Å²) in [6.45, 7) is 8.49. The molecular formula is C27H26N8O5. The molecule has 0 bridgehead atoms. The maximum absolute atomic E-state index is 12.6. The van der Waals surface area contributed by atoms with Crippen molar-refractivity contribution in [3.63, 3.8) is 0 Å². The summed E-state index contributed by atoms with van der Waals surface area (Å²) in [6, 6.07) is 17.1. The number of hydrogen-bond donors (Lipinski definition) is 1. The summed E-state index contributed by atoms with van der Waals surface area (Å²) < 4.78 is 5.16. The lowest BCUT2D eigenvalue weighted by Crippen LogP contribution is -2.28. The van der Waals surface area contributed by atoms with Gasteiger partial charge >= 0.3 is 5.97 Å². The Morgan fingerprint density at radius 1 is 1.07 bits per heavy atom. The number of azide groups is 1. The third kappa shape index (κ3) is 7.97. The SMILES string of the molecule is C=C(C)C(=O)OCCN(CC)c1ccc(N=Nc2ccc(C(=O)Nc3ccc(N=[N+]=[N-])cc3)cc2[N+](=O)[O-])cc1.